The maximum atomic E-state index is 13.0. The van der Waals surface area contributed by atoms with Crippen LogP contribution in [0.15, 0.2) is 69.9 Å². The summed E-state index contributed by atoms with van der Waals surface area (Å²) in [7, 11) is 4.68. The fraction of sp³-hybridized carbons (Fsp3) is 0.250. The molecular weight excluding hydrogens is 371 g/mol. The molecule has 0 aliphatic rings. The van der Waals surface area contributed by atoms with Gasteiger partial charge >= 0.3 is 6.18 Å². The second-order valence-electron chi connectivity index (χ2n) is 5.64. The van der Waals surface area contributed by atoms with Crippen molar-refractivity contribution in [2.75, 3.05) is 21.2 Å². The number of alkyl halides is 3. The molecule has 0 aliphatic heterocycles. The van der Waals surface area contributed by atoms with E-state index < -0.39 is 11.9 Å². The molecule has 8 heteroatoms. The van der Waals surface area contributed by atoms with Gasteiger partial charge in [-0.25, -0.2) is 0 Å². The minimum absolute atomic E-state index is 0.0133. The number of ether oxygens (including phenoxy) is 1. The first kappa shape index (κ1) is 22.9. The number of aliphatic imine (C=N–C) groups is 2. The predicted octanol–water partition coefficient (Wildman–Crippen LogP) is 3.98. The fourth-order valence-corrected chi connectivity index (χ4v) is 2.26. The largest absolute Gasteiger partial charge is 0.497 e. The van der Waals surface area contributed by atoms with Gasteiger partial charge in [0.1, 0.15) is 17.7 Å². The van der Waals surface area contributed by atoms with Gasteiger partial charge < -0.3 is 9.64 Å². The molecule has 0 heterocycles. The number of benzene rings is 1. The molecule has 0 unspecified atom stereocenters. The SMILES string of the molecule is C=N\C(=C/C(=N\C)C(/C=C\C=O)=C\N(C)Cc1ccc(OC)cc1)C(F)(F)F. The van der Waals surface area contributed by atoms with Crippen molar-refractivity contribution in [2.45, 2.75) is 12.7 Å². The summed E-state index contributed by atoms with van der Waals surface area (Å²) < 4.78 is 44.0. The quantitative estimate of drug-likeness (QED) is 0.276. The third-order valence-corrected chi connectivity index (χ3v) is 3.58. The zero-order valence-corrected chi connectivity index (χ0v) is 15.9. The summed E-state index contributed by atoms with van der Waals surface area (Å²) in [5.74, 6) is 0.721. The highest BCUT2D eigenvalue weighted by molar-refractivity contribution is 6.11. The molecule has 0 aromatic heterocycles. The molecule has 0 bridgehead atoms. The first-order valence-corrected chi connectivity index (χ1v) is 8.14. The van der Waals surface area contributed by atoms with Crippen LogP contribution in [0.4, 0.5) is 13.2 Å². The Morgan fingerprint density at radius 3 is 2.39 bits per heavy atom. The third-order valence-electron chi connectivity index (χ3n) is 3.58. The highest BCUT2D eigenvalue weighted by atomic mass is 19.4. The van der Waals surface area contributed by atoms with Crippen LogP contribution >= 0.6 is 0 Å². The van der Waals surface area contributed by atoms with Gasteiger partial charge in [-0.15, -0.1) is 0 Å². The zero-order chi connectivity index (χ0) is 21.2. The molecule has 0 N–H and O–H groups in total. The highest BCUT2D eigenvalue weighted by Gasteiger charge is 2.33. The Kier molecular flexibility index (Phi) is 8.87. The molecule has 1 rings (SSSR count). The van der Waals surface area contributed by atoms with E-state index in [4.69, 9.17) is 4.74 Å². The summed E-state index contributed by atoms with van der Waals surface area (Å²) in [5, 5.41) is 0. The smallest absolute Gasteiger partial charge is 0.433 e. The molecule has 150 valence electrons. The number of methoxy groups -OCH3 is 1. The van der Waals surface area contributed by atoms with Crippen LogP contribution in [0, 0.1) is 0 Å². The number of halogens is 3. The summed E-state index contributed by atoms with van der Waals surface area (Å²) in [6.07, 6.45) is 0.820. The topological polar surface area (TPSA) is 54.3 Å². The molecule has 28 heavy (non-hydrogen) atoms. The molecule has 0 saturated heterocycles. The maximum absolute atomic E-state index is 13.0. The Bertz CT molecular complexity index is 792. The van der Waals surface area contributed by atoms with Crippen molar-refractivity contribution in [3.05, 3.63) is 65.5 Å². The summed E-state index contributed by atoms with van der Waals surface area (Å²) in [5.41, 5.74) is 0.124. The molecule has 0 amide bonds. The second-order valence-corrected chi connectivity index (χ2v) is 5.64. The Hall–Kier alpha value is -3.16. The Balaban J connectivity index is 3.19. The molecule has 0 saturated carbocycles. The van der Waals surface area contributed by atoms with Gasteiger partial charge in [-0.05, 0) is 42.6 Å². The van der Waals surface area contributed by atoms with Crippen molar-refractivity contribution in [1.82, 2.24) is 4.90 Å². The predicted molar refractivity (Wildman–Crippen MR) is 105 cm³/mol. The van der Waals surface area contributed by atoms with E-state index in [0.29, 0.717) is 18.4 Å². The van der Waals surface area contributed by atoms with Crippen LogP contribution < -0.4 is 4.74 Å². The molecular formula is C20H22F3N3O2. The van der Waals surface area contributed by atoms with E-state index in [2.05, 4.69) is 16.7 Å². The van der Waals surface area contributed by atoms with E-state index in [0.717, 1.165) is 17.4 Å². The summed E-state index contributed by atoms with van der Waals surface area (Å²) in [4.78, 5) is 19.4. The van der Waals surface area contributed by atoms with Crippen molar-refractivity contribution in [1.29, 1.82) is 0 Å². The van der Waals surface area contributed by atoms with Crippen molar-refractivity contribution < 1.29 is 22.7 Å². The number of hydrogen-bond donors (Lipinski definition) is 0. The van der Waals surface area contributed by atoms with E-state index >= 15 is 0 Å². The molecule has 0 atom stereocenters. The summed E-state index contributed by atoms with van der Waals surface area (Å²) in [6, 6.07) is 7.38. The van der Waals surface area contributed by atoms with E-state index in [1.807, 2.05) is 24.3 Å². The van der Waals surface area contributed by atoms with Crippen LogP contribution in [-0.4, -0.2) is 51.0 Å². The van der Waals surface area contributed by atoms with Gasteiger partial charge in [-0.2, -0.15) is 13.2 Å². The number of aldehydes is 1. The van der Waals surface area contributed by atoms with Crippen LogP contribution in [0.2, 0.25) is 0 Å². The molecule has 0 fully saturated rings. The molecule has 0 radical (unpaired) electrons. The van der Waals surface area contributed by atoms with Crippen LogP contribution in [0.1, 0.15) is 5.56 Å². The Morgan fingerprint density at radius 2 is 1.93 bits per heavy atom. The number of carbonyl (C=O) groups is 1. The lowest BCUT2D eigenvalue weighted by Gasteiger charge is -2.17. The van der Waals surface area contributed by atoms with Gasteiger partial charge in [0.25, 0.3) is 0 Å². The third kappa shape index (κ3) is 7.22. The molecule has 0 aliphatic carbocycles. The zero-order valence-electron chi connectivity index (χ0n) is 15.9. The monoisotopic (exact) mass is 393 g/mol. The second kappa shape index (κ2) is 10.9. The molecule has 1 aromatic rings. The fourth-order valence-electron chi connectivity index (χ4n) is 2.26. The lowest BCUT2D eigenvalue weighted by atomic mass is 10.1. The number of rotatable bonds is 9. The summed E-state index contributed by atoms with van der Waals surface area (Å²) >= 11 is 0. The van der Waals surface area contributed by atoms with Crippen LogP contribution in [0.3, 0.4) is 0 Å². The van der Waals surface area contributed by atoms with Crippen molar-refractivity contribution in [3.63, 3.8) is 0 Å². The average Bonchev–Trinajstić information content (AvgIpc) is 2.65. The number of nitrogens with zero attached hydrogens (tertiary/aromatic N) is 3. The lowest BCUT2D eigenvalue weighted by Crippen LogP contribution is -2.15. The minimum Gasteiger partial charge on any atom is -0.497 e. The van der Waals surface area contributed by atoms with E-state index in [9.17, 15) is 18.0 Å². The van der Waals surface area contributed by atoms with Gasteiger partial charge in [0.15, 0.2) is 0 Å². The van der Waals surface area contributed by atoms with Crippen LogP contribution in [0.25, 0.3) is 0 Å². The van der Waals surface area contributed by atoms with Crippen molar-refractivity contribution in [3.8, 4) is 5.75 Å². The molecule has 5 nitrogen and oxygen atoms in total. The standard InChI is InChI=1S/C20H22F3N3O2/c1-24-18(12-19(25-2)20(21,22)23)16(6-5-11-27)14-26(3)13-15-7-9-17(28-4)10-8-15/h5-12,14H,2,13H2,1,3-4H3/b6-5-,16-14-,19-12-,24-18+. The van der Waals surface area contributed by atoms with Gasteiger partial charge in [-0.3, -0.25) is 14.8 Å². The Labute approximate surface area is 162 Å². The van der Waals surface area contributed by atoms with Crippen molar-refractivity contribution >= 4 is 18.7 Å². The number of hydrogen-bond acceptors (Lipinski definition) is 5. The Morgan fingerprint density at radius 1 is 1.29 bits per heavy atom. The molecule has 1 aromatic carbocycles. The van der Waals surface area contributed by atoms with E-state index in [-0.39, 0.29) is 5.71 Å². The van der Waals surface area contributed by atoms with Gasteiger partial charge in [-0.1, -0.05) is 12.1 Å². The van der Waals surface area contributed by atoms with E-state index in [1.165, 1.54) is 19.2 Å². The lowest BCUT2D eigenvalue weighted by molar-refractivity contribution is -0.104. The molecule has 0 spiro atoms. The first-order valence-electron chi connectivity index (χ1n) is 8.14. The maximum Gasteiger partial charge on any atom is 0.433 e. The van der Waals surface area contributed by atoms with Crippen molar-refractivity contribution in [2.24, 2.45) is 9.98 Å². The van der Waals surface area contributed by atoms with Crippen LogP contribution in [0.5, 0.6) is 5.75 Å². The first-order chi connectivity index (χ1) is 13.2. The number of allylic oxidation sites excluding steroid dienone is 5. The highest BCUT2D eigenvalue weighted by Crippen LogP contribution is 2.27. The number of carbonyl (C=O) groups excluding carboxylic acids is 1. The van der Waals surface area contributed by atoms with E-state index in [1.54, 1.807) is 25.3 Å². The average molecular weight is 393 g/mol. The van der Waals surface area contributed by atoms with Crippen LogP contribution in [-0.2, 0) is 11.3 Å². The van der Waals surface area contributed by atoms with Gasteiger partial charge in [0.2, 0.25) is 0 Å². The van der Waals surface area contributed by atoms with Gasteiger partial charge in [0.05, 0.1) is 12.8 Å². The summed E-state index contributed by atoms with van der Waals surface area (Å²) in [6.45, 7) is 3.44. The normalized spacial score (nSPS) is 13.6. The van der Waals surface area contributed by atoms with Gasteiger partial charge in [0, 0.05) is 32.4 Å². The minimum atomic E-state index is -4.66.